The van der Waals surface area contributed by atoms with Gasteiger partial charge >= 0.3 is 0 Å². The molecule has 3 aromatic rings. The highest BCUT2D eigenvalue weighted by Gasteiger charge is 2.17. The van der Waals surface area contributed by atoms with Crippen molar-refractivity contribution in [3.05, 3.63) is 120 Å². The van der Waals surface area contributed by atoms with Crippen molar-refractivity contribution < 1.29 is 18.1 Å². The van der Waals surface area contributed by atoms with Crippen molar-refractivity contribution in [2.45, 2.75) is 65.5 Å². The minimum absolute atomic E-state index is 0.976. The van der Waals surface area contributed by atoms with E-state index in [0.29, 0.717) is 0 Å². The van der Waals surface area contributed by atoms with Gasteiger partial charge in [-0.2, -0.15) is 9.13 Å². The second kappa shape index (κ2) is 23.8. The predicted octanol–water partition coefficient (Wildman–Crippen LogP) is 9.25. The minimum Gasteiger partial charge on any atom is -0.378 e. The number of nitrogens with zero attached hydrogens (tertiary/aromatic N) is 6. The zero-order chi connectivity index (χ0) is 40.2. The maximum atomic E-state index is 2.48. The Hall–Kier alpha value is -3.30. The molecule has 0 bridgehead atoms. The predicted molar refractivity (Wildman–Crippen MR) is 247 cm³/mol. The summed E-state index contributed by atoms with van der Waals surface area (Å²) in [6.07, 6.45) is 25.1. The molecule has 56 heavy (non-hydrogen) atoms. The van der Waals surface area contributed by atoms with Crippen LogP contribution in [0.4, 0.5) is 5.69 Å². The van der Waals surface area contributed by atoms with Crippen LogP contribution in [0.5, 0.6) is 0 Å². The van der Waals surface area contributed by atoms with E-state index in [-0.39, 0.29) is 0 Å². The van der Waals surface area contributed by atoms with Gasteiger partial charge in [0.15, 0.2) is 12.4 Å². The SMILES string of the molecule is CC[n+]1ccccc1/C=C/C1=CC=C(N(C)CCC[N+](C)(C)CCCSSCCC[N+](C)(C)CCCN(C)c2ccc(/C=C/c3cccc[n+]3CC)cc2)CC1. The van der Waals surface area contributed by atoms with Gasteiger partial charge in [-0.05, 0) is 74.2 Å². The van der Waals surface area contributed by atoms with Crippen molar-refractivity contribution in [3.8, 4) is 0 Å². The molecule has 0 spiro atoms. The molecule has 8 heteroatoms. The van der Waals surface area contributed by atoms with E-state index >= 15 is 0 Å². The molecule has 1 aromatic carbocycles. The highest BCUT2D eigenvalue weighted by atomic mass is 33.1. The first-order chi connectivity index (χ1) is 27.0. The number of rotatable bonds is 25. The Bertz CT molecular complexity index is 1730. The Balaban J connectivity index is 1.02. The lowest BCUT2D eigenvalue weighted by Gasteiger charge is -2.31. The quantitative estimate of drug-likeness (QED) is 0.0367. The number of anilines is 1. The number of hydrogen-bond donors (Lipinski definition) is 0. The lowest BCUT2D eigenvalue weighted by atomic mass is 10.0. The number of aromatic nitrogens is 2. The third-order valence-corrected chi connectivity index (χ3v) is 13.7. The molecule has 0 radical (unpaired) electrons. The molecule has 0 saturated heterocycles. The van der Waals surface area contributed by atoms with Crippen LogP contribution >= 0.6 is 21.6 Å². The molecular weight excluding hydrogens is 725 g/mol. The molecule has 6 nitrogen and oxygen atoms in total. The van der Waals surface area contributed by atoms with Gasteiger partial charge in [0.05, 0.1) is 54.4 Å². The Labute approximate surface area is 349 Å². The van der Waals surface area contributed by atoms with E-state index in [0.717, 1.165) is 48.0 Å². The molecule has 0 atom stereocenters. The van der Waals surface area contributed by atoms with E-state index in [4.69, 9.17) is 0 Å². The first-order valence-electron chi connectivity index (χ1n) is 21.1. The van der Waals surface area contributed by atoms with Gasteiger partial charge in [0.25, 0.3) is 0 Å². The van der Waals surface area contributed by atoms with Crippen molar-refractivity contribution in [1.82, 2.24) is 4.90 Å². The molecule has 0 aliphatic heterocycles. The van der Waals surface area contributed by atoms with Crippen molar-refractivity contribution in [3.63, 3.8) is 0 Å². The van der Waals surface area contributed by atoms with Crippen molar-refractivity contribution in [2.24, 2.45) is 0 Å². The van der Waals surface area contributed by atoms with E-state index in [1.54, 1.807) is 0 Å². The fourth-order valence-electron chi connectivity index (χ4n) is 7.36. The maximum absolute atomic E-state index is 2.48. The first-order valence-corrected chi connectivity index (χ1v) is 23.6. The van der Waals surface area contributed by atoms with E-state index in [1.165, 1.54) is 97.3 Å². The first kappa shape index (κ1) is 45.4. The fourth-order valence-corrected chi connectivity index (χ4v) is 9.50. The monoisotopic (exact) mass is 799 g/mol. The summed E-state index contributed by atoms with van der Waals surface area (Å²) in [4.78, 5) is 4.88. The van der Waals surface area contributed by atoms with Crippen molar-refractivity contribution in [2.75, 3.05) is 98.0 Å². The lowest BCUT2D eigenvalue weighted by Crippen LogP contribution is -2.42. The molecule has 4 rings (SSSR count). The van der Waals surface area contributed by atoms with Crippen LogP contribution in [0.1, 0.15) is 69.3 Å². The van der Waals surface area contributed by atoms with Crippen LogP contribution < -0.4 is 14.0 Å². The van der Waals surface area contributed by atoms with Gasteiger partial charge in [0, 0.05) is 112 Å². The summed E-state index contributed by atoms with van der Waals surface area (Å²) in [7, 11) is 18.3. The van der Waals surface area contributed by atoms with Crippen molar-refractivity contribution in [1.29, 1.82) is 0 Å². The topological polar surface area (TPSA) is 14.2 Å². The second-order valence-corrected chi connectivity index (χ2v) is 19.4. The molecule has 2 aromatic heterocycles. The smallest absolute Gasteiger partial charge is 0.205 e. The number of allylic oxidation sites excluding steroid dienone is 5. The van der Waals surface area contributed by atoms with Gasteiger partial charge < -0.3 is 18.8 Å². The summed E-state index contributed by atoms with van der Waals surface area (Å²) < 4.78 is 6.75. The Morgan fingerprint density at radius 1 is 0.589 bits per heavy atom. The van der Waals surface area contributed by atoms with Crippen LogP contribution in [0.3, 0.4) is 0 Å². The Kier molecular flexibility index (Phi) is 19.3. The van der Waals surface area contributed by atoms with E-state index in [9.17, 15) is 0 Å². The molecule has 1 aliphatic carbocycles. The Morgan fingerprint density at radius 3 is 1.62 bits per heavy atom. The second-order valence-electron chi connectivity index (χ2n) is 16.6. The van der Waals surface area contributed by atoms with Gasteiger partial charge in [0.2, 0.25) is 11.4 Å². The van der Waals surface area contributed by atoms with Gasteiger partial charge in [0.1, 0.15) is 13.1 Å². The standard InChI is InChI=1S/C48H74N6S2/c1-9-51-35-13-11-19-47(51)31-25-43-21-27-45(28-22-43)49(3)33-15-37-53(5,6)39-17-41-55-56-42-18-40-54(7,8)38-16-34-50(4)46-29-23-44(24-30-46)26-32-48-20-12-14-36-52(48)10-2/h11-14,19-23,25-29,31-32,35-36H,9-10,15-18,24,30,33-34,37-42H2,1-8H3/q+4. The summed E-state index contributed by atoms with van der Waals surface area (Å²) in [5.41, 5.74) is 7.89. The summed E-state index contributed by atoms with van der Waals surface area (Å²) in [6.45, 7) is 13.5. The molecule has 1 aliphatic rings. The average molecular weight is 799 g/mol. The third-order valence-electron chi connectivity index (χ3n) is 11.1. The summed E-state index contributed by atoms with van der Waals surface area (Å²) >= 11 is 0. The molecular formula is C48H74N6S2+4. The van der Waals surface area contributed by atoms with Gasteiger partial charge in [-0.1, -0.05) is 45.9 Å². The summed E-state index contributed by atoms with van der Waals surface area (Å²) in [5.74, 6) is 2.49. The van der Waals surface area contributed by atoms with Gasteiger partial charge in [-0.25, -0.2) is 0 Å². The van der Waals surface area contributed by atoms with Crippen LogP contribution in [-0.2, 0) is 13.1 Å². The van der Waals surface area contributed by atoms with Crippen LogP contribution in [0.25, 0.3) is 18.2 Å². The number of aryl methyl sites for hydroxylation is 2. The highest BCUT2D eigenvalue weighted by molar-refractivity contribution is 8.76. The number of benzene rings is 1. The number of hydrogen-bond acceptors (Lipinski definition) is 4. The zero-order valence-corrected chi connectivity index (χ0v) is 37.8. The fraction of sp³-hybridized carbons (Fsp3) is 0.500. The molecule has 0 unspecified atom stereocenters. The normalized spacial score (nSPS) is 13.7. The van der Waals surface area contributed by atoms with Crippen LogP contribution in [0, 0.1) is 0 Å². The van der Waals surface area contributed by atoms with E-state index in [2.05, 4.69) is 206 Å². The molecule has 0 fully saturated rings. The van der Waals surface area contributed by atoms with Crippen LogP contribution in [0.2, 0.25) is 0 Å². The maximum Gasteiger partial charge on any atom is 0.205 e. The number of quaternary nitrogens is 2. The number of pyridine rings is 2. The molecule has 304 valence electrons. The molecule has 0 saturated carbocycles. The molecule has 2 heterocycles. The van der Waals surface area contributed by atoms with Crippen molar-refractivity contribution >= 4 is 45.5 Å². The average Bonchev–Trinajstić information content (AvgIpc) is 3.20. The summed E-state index contributed by atoms with van der Waals surface area (Å²) in [6, 6.07) is 21.7. The summed E-state index contributed by atoms with van der Waals surface area (Å²) in [5, 5.41) is 0. The van der Waals surface area contributed by atoms with Crippen LogP contribution in [-0.4, -0.2) is 107 Å². The van der Waals surface area contributed by atoms with Crippen LogP contribution in [0.15, 0.2) is 103 Å². The molecule has 0 N–H and O–H groups in total. The largest absolute Gasteiger partial charge is 0.378 e. The van der Waals surface area contributed by atoms with E-state index in [1.807, 2.05) is 0 Å². The van der Waals surface area contributed by atoms with Gasteiger partial charge in [-0.3, -0.25) is 0 Å². The lowest BCUT2D eigenvalue weighted by molar-refractivity contribution is -0.890. The van der Waals surface area contributed by atoms with E-state index < -0.39 is 0 Å². The van der Waals surface area contributed by atoms with Gasteiger partial charge in [-0.15, -0.1) is 0 Å². The third kappa shape index (κ3) is 16.3. The zero-order valence-electron chi connectivity index (χ0n) is 36.2. The highest BCUT2D eigenvalue weighted by Crippen LogP contribution is 2.25. The minimum atomic E-state index is 0.976. The molecule has 0 amide bonds. The Morgan fingerprint density at radius 2 is 1.11 bits per heavy atom.